The monoisotopic (exact) mass is 466 g/mol. The van der Waals surface area contributed by atoms with Gasteiger partial charge in [-0.25, -0.2) is 0 Å². The van der Waals surface area contributed by atoms with Crippen LogP contribution in [0.15, 0.2) is 18.2 Å². The first-order chi connectivity index (χ1) is 15.1. The number of hydrogen-bond donors (Lipinski definition) is 0. The quantitative estimate of drug-likeness (QED) is 0.401. The second-order valence-corrected chi connectivity index (χ2v) is 9.30. The molecule has 0 saturated carbocycles. The lowest BCUT2D eigenvalue weighted by molar-refractivity contribution is -0.137. The molecule has 1 amide bonds. The summed E-state index contributed by atoms with van der Waals surface area (Å²) < 4.78 is 40.2. The molecule has 0 aliphatic carbocycles. The van der Waals surface area contributed by atoms with E-state index in [1.54, 1.807) is 24.8 Å². The third kappa shape index (κ3) is 5.07. The van der Waals surface area contributed by atoms with E-state index in [1.807, 2.05) is 0 Å². The summed E-state index contributed by atoms with van der Waals surface area (Å²) in [6.45, 7) is 7.56. The highest BCUT2D eigenvalue weighted by molar-refractivity contribution is 7.80. The van der Waals surface area contributed by atoms with Gasteiger partial charge in [-0.15, -0.1) is 0 Å². The number of halogens is 3. The molecule has 2 aliphatic heterocycles. The summed E-state index contributed by atoms with van der Waals surface area (Å²) in [4.78, 5) is 18.5. The third-order valence-electron chi connectivity index (χ3n) is 6.32. The van der Waals surface area contributed by atoms with Crippen LogP contribution >= 0.6 is 12.2 Å². The Balaban J connectivity index is 1.65. The Hall–Kier alpha value is -2.18. The number of thiocarbonyl (C=S) groups is 1. The molecule has 0 spiro atoms. The Morgan fingerprint density at radius 2 is 1.72 bits per heavy atom. The van der Waals surface area contributed by atoms with Gasteiger partial charge in [0.2, 0.25) is 0 Å². The molecule has 0 aromatic heterocycles. The van der Waals surface area contributed by atoms with Crippen molar-refractivity contribution in [2.75, 3.05) is 31.1 Å². The molecule has 0 atom stereocenters. The van der Waals surface area contributed by atoms with Gasteiger partial charge in [-0.3, -0.25) is 9.69 Å². The number of hydrogen-bond acceptors (Lipinski definition) is 4. The van der Waals surface area contributed by atoms with E-state index in [0.717, 1.165) is 44.4 Å². The number of alkyl halides is 3. The number of likely N-dealkylation sites (tertiary alicyclic amines) is 1. The van der Waals surface area contributed by atoms with Gasteiger partial charge < -0.3 is 9.80 Å². The molecule has 0 radical (unpaired) electrons. The maximum atomic E-state index is 13.4. The molecule has 32 heavy (non-hydrogen) atoms. The third-order valence-corrected chi connectivity index (χ3v) is 6.72. The van der Waals surface area contributed by atoms with Crippen LogP contribution in [0.2, 0.25) is 0 Å². The zero-order valence-corrected chi connectivity index (χ0v) is 19.4. The molecule has 9 heteroatoms. The molecule has 5 nitrogen and oxygen atoms in total. The summed E-state index contributed by atoms with van der Waals surface area (Å²) in [6, 6.07) is 4.82. The van der Waals surface area contributed by atoms with Crippen molar-refractivity contribution in [1.29, 1.82) is 5.26 Å². The van der Waals surface area contributed by atoms with Crippen LogP contribution in [0.1, 0.15) is 63.5 Å². The predicted octanol–water partition coefficient (Wildman–Crippen LogP) is 4.95. The summed E-state index contributed by atoms with van der Waals surface area (Å²) in [5.41, 5.74) is -2.46. The van der Waals surface area contributed by atoms with Gasteiger partial charge in [-0.05, 0) is 89.6 Å². The van der Waals surface area contributed by atoms with Crippen molar-refractivity contribution < 1.29 is 18.0 Å². The van der Waals surface area contributed by atoms with E-state index in [1.165, 1.54) is 36.9 Å². The fraction of sp³-hybridized carbons (Fsp3) is 0.609. The molecule has 0 N–H and O–H groups in total. The molecule has 3 rings (SSSR count). The van der Waals surface area contributed by atoms with Crippen LogP contribution in [0.5, 0.6) is 0 Å². The molecule has 2 fully saturated rings. The highest BCUT2D eigenvalue weighted by Gasteiger charge is 2.49. The van der Waals surface area contributed by atoms with Gasteiger partial charge in [0, 0.05) is 6.54 Å². The molecule has 1 aromatic rings. The van der Waals surface area contributed by atoms with Crippen LogP contribution in [0.25, 0.3) is 0 Å². The smallest absolute Gasteiger partial charge is 0.334 e. The zero-order valence-electron chi connectivity index (χ0n) is 18.5. The lowest BCUT2D eigenvalue weighted by Gasteiger charge is -2.29. The van der Waals surface area contributed by atoms with E-state index in [-0.39, 0.29) is 16.7 Å². The van der Waals surface area contributed by atoms with Crippen molar-refractivity contribution in [3.8, 4) is 6.07 Å². The van der Waals surface area contributed by atoms with E-state index in [0.29, 0.717) is 6.54 Å². The number of rotatable bonds is 8. The Morgan fingerprint density at radius 1 is 1.09 bits per heavy atom. The topological polar surface area (TPSA) is 50.6 Å². The van der Waals surface area contributed by atoms with Crippen molar-refractivity contribution in [2.24, 2.45) is 0 Å². The van der Waals surface area contributed by atoms with Crippen molar-refractivity contribution >= 4 is 28.9 Å². The maximum absolute atomic E-state index is 13.4. The Morgan fingerprint density at radius 3 is 2.31 bits per heavy atom. The summed E-state index contributed by atoms with van der Waals surface area (Å²) in [5, 5.41) is 9.22. The van der Waals surface area contributed by atoms with Crippen LogP contribution < -0.4 is 4.90 Å². The van der Waals surface area contributed by atoms with Crippen molar-refractivity contribution in [1.82, 2.24) is 9.80 Å². The SMILES string of the molecule is CC1(C)C(=O)N(c2ccc(C#N)c(C(F)(F)F)c2)C(=S)N1CCCCCCN1CCCC1. The van der Waals surface area contributed by atoms with Crippen LogP contribution in [-0.4, -0.2) is 52.5 Å². The number of carbonyl (C=O) groups excluding carboxylic acids is 1. The van der Waals surface area contributed by atoms with Crippen LogP contribution in [0.3, 0.4) is 0 Å². The molecule has 1 aromatic carbocycles. The van der Waals surface area contributed by atoms with E-state index >= 15 is 0 Å². The van der Waals surface area contributed by atoms with Crippen LogP contribution in [0.4, 0.5) is 18.9 Å². The zero-order chi connectivity index (χ0) is 23.5. The molecule has 2 aliphatic rings. The number of unbranched alkanes of at least 4 members (excludes halogenated alkanes) is 3. The molecular weight excluding hydrogens is 437 g/mol. The minimum Gasteiger partial charge on any atom is -0.334 e. The number of benzene rings is 1. The highest BCUT2D eigenvalue weighted by Crippen LogP contribution is 2.38. The molecular formula is C23H29F3N4OS. The summed E-state index contributed by atoms with van der Waals surface area (Å²) in [7, 11) is 0. The van der Waals surface area contributed by atoms with Gasteiger partial charge in [-0.2, -0.15) is 18.4 Å². The number of anilines is 1. The van der Waals surface area contributed by atoms with Crippen LogP contribution in [0, 0.1) is 11.3 Å². The Labute approximate surface area is 192 Å². The van der Waals surface area contributed by atoms with Gasteiger partial charge in [-0.1, -0.05) is 12.8 Å². The summed E-state index contributed by atoms with van der Waals surface area (Å²) in [5.74, 6) is -0.366. The average molecular weight is 467 g/mol. The van der Waals surface area contributed by atoms with Crippen molar-refractivity contribution in [3.63, 3.8) is 0 Å². The lowest BCUT2D eigenvalue weighted by Crippen LogP contribution is -2.44. The number of carbonyl (C=O) groups is 1. The fourth-order valence-electron chi connectivity index (χ4n) is 4.41. The lowest BCUT2D eigenvalue weighted by atomic mass is 10.0. The Bertz CT molecular complexity index is 903. The maximum Gasteiger partial charge on any atom is 0.417 e. The number of nitrogens with zero attached hydrogens (tertiary/aromatic N) is 4. The average Bonchev–Trinajstić information content (AvgIpc) is 3.30. The van der Waals surface area contributed by atoms with E-state index in [9.17, 15) is 18.0 Å². The normalized spacial score (nSPS) is 19.1. The Kier molecular flexibility index (Phi) is 7.46. The first kappa shape index (κ1) is 24.5. The van der Waals surface area contributed by atoms with E-state index < -0.39 is 22.8 Å². The second-order valence-electron chi connectivity index (χ2n) is 8.94. The molecule has 0 bridgehead atoms. The van der Waals surface area contributed by atoms with E-state index in [2.05, 4.69) is 4.90 Å². The van der Waals surface area contributed by atoms with Crippen molar-refractivity contribution in [2.45, 2.75) is 64.1 Å². The predicted molar refractivity (Wildman–Crippen MR) is 121 cm³/mol. The van der Waals surface area contributed by atoms with Gasteiger partial charge in [0.05, 0.1) is 22.9 Å². The van der Waals surface area contributed by atoms with Crippen molar-refractivity contribution in [3.05, 3.63) is 29.3 Å². The van der Waals surface area contributed by atoms with Gasteiger partial charge in [0.25, 0.3) is 5.91 Å². The van der Waals surface area contributed by atoms with Crippen LogP contribution in [-0.2, 0) is 11.0 Å². The largest absolute Gasteiger partial charge is 0.417 e. The number of nitriles is 1. The molecule has 2 saturated heterocycles. The fourth-order valence-corrected chi connectivity index (χ4v) is 4.91. The first-order valence-corrected chi connectivity index (χ1v) is 11.5. The summed E-state index contributed by atoms with van der Waals surface area (Å²) >= 11 is 5.52. The van der Waals surface area contributed by atoms with Gasteiger partial charge >= 0.3 is 6.18 Å². The van der Waals surface area contributed by atoms with E-state index in [4.69, 9.17) is 17.5 Å². The molecule has 174 valence electrons. The van der Waals surface area contributed by atoms with Gasteiger partial charge in [0.15, 0.2) is 5.11 Å². The minimum absolute atomic E-state index is 0.0347. The van der Waals surface area contributed by atoms with Gasteiger partial charge in [0.1, 0.15) is 5.54 Å². The molecule has 0 unspecified atom stereocenters. The highest BCUT2D eigenvalue weighted by atomic mass is 32.1. The number of amides is 1. The minimum atomic E-state index is -4.70. The molecule has 2 heterocycles. The second kappa shape index (κ2) is 9.75. The first-order valence-electron chi connectivity index (χ1n) is 11.1. The summed E-state index contributed by atoms with van der Waals surface area (Å²) in [6.07, 6.45) is 1.98. The standard InChI is InChI=1S/C23H29F3N4OS/c1-22(2)20(31)30(18-10-9-17(16-27)19(15-18)23(24,25)26)21(32)29(22)14-6-4-3-5-11-28-12-7-8-13-28/h9-10,15H,3-8,11-14H2,1-2H3.